The highest BCUT2D eigenvalue weighted by atomic mass is 19.1. The molecule has 23 heavy (non-hydrogen) atoms. The minimum absolute atomic E-state index is 0.263. The van der Waals surface area contributed by atoms with Crippen molar-refractivity contribution in [2.24, 2.45) is 0 Å². The molecule has 0 aromatic heterocycles. The summed E-state index contributed by atoms with van der Waals surface area (Å²) in [5, 5.41) is 0. The van der Waals surface area contributed by atoms with Gasteiger partial charge in [-0.05, 0) is 25.5 Å². The summed E-state index contributed by atoms with van der Waals surface area (Å²) >= 11 is 0. The number of hydrogen-bond acceptors (Lipinski definition) is 5. The largest absolute Gasteiger partial charge is 0.458 e. The van der Waals surface area contributed by atoms with Gasteiger partial charge in [-0.1, -0.05) is 6.07 Å². The predicted molar refractivity (Wildman–Crippen MR) is 85.0 cm³/mol. The first-order chi connectivity index (χ1) is 11.1. The monoisotopic (exact) mass is 325 g/mol. The number of hydrogen-bond donors (Lipinski definition) is 0. The van der Waals surface area contributed by atoms with E-state index in [1.54, 1.807) is 20.1 Å². The average molecular weight is 325 g/mol. The number of carbonyl (C=O) groups is 1. The molecule has 0 amide bonds. The van der Waals surface area contributed by atoms with Crippen LogP contribution in [-0.2, 0) is 19.0 Å². The Morgan fingerprint density at radius 2 is 2.13 bits per heavy atom. The second-order valence-corrected chi connectivity index (χ2v) is 5.50. The van der Waals surface area contributed by atoms with E-state index >= 15 is 0 Å². The molecule has 1 aromatic carbocycles. The molecule has 6 heteroatoms. The van der Waals surface area contributed by atoms with Crippen LogP contribution >= 0.6 is 0 Å². The van der Waals surface area contributed by atoms with Crippen molar-refractivity contribution in [3.63, 3.8) is 0 Å². The molecular formula is C17H24FNO4. The summed E-state index contributed by atoms with van der Waals surface area (Å²) in [6.45, 7) is 4.83. The van der Waals surface area contributed by atoms with E-state index in [1.165, 1.54) is 6.07 Å². The molecule has 1 aromatic rings. The van der Waals surface area contributed by atoms with Crippen molar-refractivity contribution in [1.82, 2.24) is 0 Å². The van der Waals surface area contributed by atoms with Crippen molar-refractivity contribution in [2.75, 3.05) is 44.9 Å². The Balaban J connectivity index is 2.09. The first-order valence-electron chi connectivity index (χ1n) is 7.93. The van der Waals surface area contributed by atoms with Gasteiger partial charge in [-0.2, -0.15) is 0 Å². The number of methoxy groups -OCH3 is 1. The molecule has 1 aliphatic heterocycles. The second kappa shape index (κ2) is 8.84. The van der Waals surface area contributed by atoms with Gasteiger partial charge in [-0.25, -0.2) is 4.39 Å². The molecule has 1 saturated heterocycles. The summed E-state index contributed by atoms with van der Waals surface area (Å²) in [5.41, 5.74) is 1.19. The smallest absolute Gasteiger partial charge is 0.306 e. The van der Waals surface area contributed by atoms with Gasteiger partial charge in [-0.3, -0.25) is 4.79 Å². The Bertz CT molecular complexity index is 517. The van der Waals surface area contributed by atoms with Crippen LogP contribution in [0.5, 0.6) is 0 Å². The number of halogens is 1. The molecule has 1 atom stereocenters. The Morgan fingerprint density at radius 1 is 1.39 bits per heavy atom. The van der Waals surface area contributed by atoms with E-state index in [4.69, 9.17) is 14.2 Å². The van der Waals surface area contributed by atoms with E-state index in [0.717, 1.165) is 5.69 Å². The van der Waals surface area contributed by atoms with Gasteiger partial charge in [-0.15, -0.1) is 0 Å². The third kappa shape index (κ3) is 4.91. The summed E-state index contributed by atoms with van der Waals surface area (Å²) in [7, 11) is 1.59. The SMILES string of the molecule is COCCCC(=O)O[C@@H](C)c1c(F)cccc1N1CCOCC1. The number of nitrogens with zero attached hydrogens (tertiary/aromatic N) is 1. The van der Waals surface area contributed by atoms with Crippen LogP contribution in [0.4, 0.5) is 10.1 Å². The van der Waals surface area contributed by atoms with Gasteiger partial charge in [0.1, 0.15) is 11.9 Å². The Hall–Kier alpha value is -1.66. The van der Waals surface area contributed by atoms with Gasteiger partial charge < -0.3 is 19.1 Å². The zero-order valence-electron chi connectivity index (χ0n) is 13.7. The van der Waals surface area contributed by atoms with Gasteiger partial charge in [0.25, 0.3) is 0 Å². The molecule has 0 unspecified atom stereocenters. The van der Waals surface area contributed by atoms with Crippen molar-refractivity contribution in [2.45, 2.75) is 25.9 Å². The quantitative estimate of drug-likeness (QED) is 0.570. The minimum Gasteiger partial charge on any atom is -0.458 e. The van der Waals surface area contributed by atoms with Crippen molar-refractivity contribution < 1.29 is 23.4 Å². The zero-order valence-corrected chi connectivity index (χ0v) is 13.7. The van der Waals surface area contributed by atoms with Crippen LogP contribution in [0.2, 0.25) is 0 Å². The average Bonchev–Trinajstić information content (AvgIpc) is 2.55. The van der Waals surface area contributed by atoms with Crippen LogP contribution < -0.4 is 4.90 Å². The molecule has 0 N–H and O–H groups in total. The number of benzene rings is 1. The van der Waals surface area contributed by atoms with Crippen molar-refractivity contribution in [3.8, 4) is 0 Å². The molecule has 0 saturated carbocycles. The number of rotatable bonds is 7. The number of esters is 1. The Kier molecular flexibility index (Phi) is 6.80. The first kappa shape index (κ1) is 17.7. The normalized spacial score (nSPS) is 16.2. The first-order valence-corrected chi connectivity index (χ1v) is 7.93. The van der Waals surface area contributed by atoms with E-state index in [9.17, 15) is 9.18 Å². The van der Waals surface area contributed by atoms with Gasteiger partial charge in [0, 0.05) is 38.9 Å². The summed E-state index contributed by atoms with van der Waals surface area (Å²) in [6, 6.07) is 4.93. The summed E-state index contributed by atoms with van der Waals surface area (Å²) < 4.78 is 30.0. The molecule has 1 heterocycles. The summed E-state index contributed by atoms with van der Waals surface area (Å²) in [6.07, 6.45) is 0.221. The molecule has 1 fully saturated rings. The van der Waals surface area contributed by atoms with Gasteiger partial charge >= 0.3 is 5.97 Å². The molecule has 0 aliphatic carbocycles. The third-order valence-electron chi connectivity index (χ3n) is 3.83. The number of ether oxygens (including phenoxy) is 3. The molecule has 2 rings (SSSR count). The van der Waals surface area contributed by atoms with Crippen molar-refractivity contribution >= 4 is 11.7 Å². The van der Waals surface area contributed by atoms with Crippen LogP contribution in [0, 0.1) is 5.82 Å². The lowest BCUT2D eigenvalue weighted by Crippen LogP contribution is -2.37. The zero-order chi connectivity index (χ0) is 16.7. The lowest BCUT2D eigenvalue weighted by atomic mass is 10.1. The Morgan fingerprint density at radius 3 is 2.83 bits per heavy atom. The predicted octanol–water partition coefficient (Wildman–Crippen LogP) is 2.69. The van der Waals surface area contributed by atoms with E-state index in [2.05, 4.69) is 4.90 Å². The molecular weight excluding hydrogens is 301 g/mol. The van der Waals surface area contributed by atoms with E-state index < -0.39 is 6.10 Å². The highest BCUT2D eigenvalue weighted by molar-refractivity contribution is 5.70. The van der Waals surface area contributed by atoms with E-state index in [1.807, 2.05) is 6.07 Å². The standard InChI is InChI=1S/C17H24FNO4/c1-13(23-16(20)7-4-10-21-2)17-14(18)5-3-6-15(17)19-8-11-22-12-9-19/h3,5-6,13H,4,7-12H2,1-2H3/t13-/m0/s1. The van der Waals surface area contributed by atoms with Crippen LogP contribution in [-0.4, -0.2) is 46.0 Å². The lowest BCUT2D eigenvalue weighted by molar-refractivity contribution is -0.149. The van der Waals surface area contributed by atoms with Crippen LogP contribution in [0.1, 0.15) is 31.4 Å². The molecule has 0 bridgehead atoms. The van der Waals surface area contributed by atoms with Crippen LogP contribution in [0.15, 0.2) is 18.2 Å². The Labute approximate surface area is 136 Å². The maximum Gasteiger partial charge on any atom is 0.306 e. The maximum atomic E-state index is 14.3. The maximum absolute atomic E-state index is 14.3. The van der Waals surface area contributed by atoms with E-state index in [0.29, 0.717) is 44.9 Å². The summed E-state index contributed by atoms with van der Waals surface area (Å²) in [5.74, 6) is -0.697. The number of morpholine rings is 1. The van der Waals surface area contributed by atoms with Crippen LogP contribution in [0.25, 0.3) is 0 Å². The highest BCUT2D eigenvalue weighted by Crippen LogP contribution is 2.31. The van der Waals surface area contributed by atoms with Gasteiger partial charge in [0.05, 0.1) is 18.8 Å². The minimum atomic E-state index is -0.635. The van der Waals surface area contributed by atoms with Crippen molar-refractivity contribution in [1.29, 1.82) is 0 Å². The molecule has 5 nitrogen and oxygen atoms in total. The van der Waals surface area contributed by atoms with E-state index in [-0.39, 0.29) is 18.2 Å². The fourth-order valence-electron chi connectivity index (χ4n) is 2.68. The van der Waals surface area contributed by atoms with Crippen molar-refractivity contribution in [3.05, 3.63) is 29.6 Å². The molecule has 128 valence electrons. The fourth-order valence-corrected chi connectivity index (χ4v) is 2.68. The fraction of sp³-hybridized carbons (Fsp3) is 0.588. The summed E-state index contributed by atoms with van der Waals surface area (Å²) in [4.78, 5) is 13.9. The topological polar surface area (TPSA) is 48.0 Å². The second-order valence-electron chi connectivity index (χ2n) is 5.50. The third-order valence-corrected chi connectivity index (χ3v) is 3.83. The number of anilines is 1. The lowest BCUT2D eigenvalue weighted by Gasteiger charge is -2.31. The van der Waals surface area contributed by atoms with Crippen LogP contribution in [0.3, 0.4) is 0 Å². The highest BCUT2D eigenvalue weighted by Gasteiger charge is 2.23. The van der Waals surface area contributed by atoms with Gasteiger partial charge in [0.15, 0.2) is 0 Å². The molecule has 0 spiro atoms. The van der Waals surface area contributed by atoms with Gasteiger partial charge in [0.2, 0.25) is 0 Å². The molecule has 0 radical (unpaired) electrons. The number of carbonyl (C=O) groups excluding carboxylic acids is 1. The molecule has 1 aliphatic rings.